The monoisotopic (exact) mass is 539 g/mol. The fourth-order valence-corrected chi connectivity index (χ4v) is 5.03. The number of carbonyl (C=O) groups is 2. The van der Waals surface area contributed by atoms with Gasteiger partial charge in [-0.25, -0.2) is 14.6 Å². The summed E-state index contributed by atoms with van der Waals surface area (Å²) in [6.45, 7) is 11.3. The smallest absolute Gasteiger partial charge is 0.227 e. The van der Waals surface area contributed by atoms with Crippen LogP contribution in [0.2, 0.25) is 0 Å². The third-order valence-corrected chi connectivity index (χ3v) is 7.63. The molecule has 1 aromatic carbocycles. The first-order chi connectivity index (χ1) is 18.4. The van der Waals surface area contributed by atoms with E-state index < -0.39 is 0 Å². The summed E-state index contributed by atoms with van der Waals surface area (Å²) in [5.74, 6) is 1.14. The predicted octanol–water partition coefficient (Wildman–Crippen LogP) is 3.56. The van der Waals surface area contributed by atoms with Gasteiger partial charge in [-0.15, -0.1) is 0 Å². The number of rotatable bonds is 13. The third kappa shape index (κ3) is 6.63. The Morgan fingerprint density at radius 2 is 2.03 bits per heavy atom. The molecule has 0 bridgehead atoms. The zero-order chi connectivity index (χ0) is 27.1. The summed E-state index contributed by atoms with van der Waals surface area (Å²) in [4.78, 5) is 36.7. The Bertz CT molecular complexity index is 1280. The number of amides is 2. The van der Waals surface area contributed by atoms with Crippen LogP contribution in [0.1, 0.15) is 37.8 Å². The molecule has 204 valence electrons. The zero-order valence-electron chi connectivity index (χ0n) is 22.6. The molecule has 1 atom stereocenters. The first-order valence-corrected chi connectivity index (χ1v) is 14.2. The van der Waals surface area contributed by atoms with Gasteiger partial charge in [-0.3, -0.25) is 9.59 Å². The lowest BCUT2D eigenvalue weighted by atomic mass is 10.1. The molecule has 1 aliphatic rings. The highest BCUT2D eigenvalue weighted by molar-refractivity contribution is 7.99. The lowest BCUT2D eigenvalue weighted by Gasteiger charge is -2.18. The highest BCUT2D eigenvalue weighted by atomic mass is 32.2. The topological polar surface area (TPSA) is 114 Å². The molecule has 38 heavy (non-hydrogen) atoms. The second kappa shape index (κ2) is 13.1. The average molecular weight is 540 g/mol. The number of nitrogens with one attached hydrogen (secondary N) is 2. The van der Waals surface area contributed by atoms with Crippen LogP contribution in [-0.2, 0) is 20.9 Å². The molecule has 4 rings (SSSR count). The van der Waals surface area contributed by atoms with Crippen molar-refractivity contribution in [1.29, 1.82) is 0 Å². The highest BCUT2D eigenvalue weighted by Crippen LogP contribution is 2.27. The van der Waals surface area contributed by atoms with Gasteiger partial charge in [0.15, 0.2) is 10.8 Å². The summed E-state index contributed by atoms with van der Waals surface area (Å²) in [5, 5.41) is 12.4. The van der Waals surface area contributed by atoms with Gasteiger partial charge in [-0.2, -0.15) is 5.10 Å². The fourth-order valence-electron chi connectivity index (χ4n) is 4.33. The highest BCUT2D eigenvalue weighted by Gasteiger charge is 2.35. The Balaban J connectivity index is 1.38. The molecule has 0 spiro atoms. The number of thioether (sulfide) groups is 1. The van der Waals surface area contributed by atoms with E-state index in [1.54, 1.807) is 27.5 Å². The van der Waals surface area contributed by atoms with E-state index in [9.17, 15) is 9.59 Å². The molecule has 0 radical (unpaired) electrons. The number of ether oxygens (including phenoxy) is 1. The van der Waals surface area contributed by atoms with Crippen LogP contribution in [0.4, 0.5) is 11.5 Å². The van der Waals surface area contributed by atoms with Crippen LogP contribution in [0.3, 0.4) is 0 Å². The third-order valence-electron chi connectivity index (χ3n) is 6.57. The molecule has 1 fully saturated rings. The van der Waals surface area contributed by atoms with Crippen LogP contribution in [-0.4, -0.2) is 70.2 Å². The predicted molar refractivity (Wildman–Crippen MR) is 151 cm³/mol. The van der Waals surface area contributed by atoms with Gasteiger partial charge in [0.2, 0.25) is 11.8 Å². The van der Waals surface area contributed by atoms with Gasteiger partial charge in [-0.1, -0.05) is 24.8 Å². The van der Waals surface area contributed by atoms with Crippen molar-refractivity contribution in [1.82, 2.24) is 25.1 Å². The SMILES string of the molecule is CCCSc1nc(NCCOCC)c2cnn(CCNC(=O)C3CC(=O)N(c4ccc(C)c(C)c4)C3)c2n1. The largest absolute Gasteiger partial charge is 0.380 e. The normalized spacial score (nSPS) is 15.4. The van der Waals surface area contributed by atoms with Crippen LogP contribution in [0, 0.1) is 19.8 Å². The van der Waals surface area contributed by atoms with E-state index in [1.165, 1.54) is 5.56 Å². The van der Waals surface area contributed by atoms with E-state index in [-0.39, 0.29) is 24.2 Å². The molecule has 10 nitrogen and oxygen atoms in total. The number of fused-ring (bicyclic) bond motifs is 1. The van der Waals surface area contributed by atoms with E-state index in [0.29, 0.717) is 44.5 Å². The number of hydrogen-bond donors (Lipinski definition) is 2. The average Bonchev–Trinajstić information content (AvgIpc) is 3.50. The number of nitrogens with zero attached hydrogens (tertiary/aromatic N) is 5. The van der Waals surface area contributed by atoms with Crippen molar-refractivity contribution in [3.05, 3.63) is 35.5 Å². The van der Waals surface area contributed by atoms with Crippen molar-refractivity contribution in [2.45, 2.75) is 52.2 Å². The summed E-state index contributed by atoms with van der Waals surface area (Å²) in [7, 11) is 0. The molecule has 0 aliphatic carbocycles. The summed E-state index contributed by atoms with van der Waals surface area (Å²) in [6, 6.07) is 5.96. The molecule has 3 heterocycles. The van der Waals surface area contributed by atoms with Crippen LogP contribution in [0.5, 0.6) is 0 Å². The van der Waals surface area contributed by atoms with Crippen molar-refractivity contribution in [2.75, 3.05) is 48.8 Å². The van der Waals surface area contributed by atoms with Crippen LogP contribution < -0.4 is 15.5 Å². The number of carbonyl (C=O) groups excluding carboxylic acids is 2. The molecule has 1 aliphatic heterocycles. The molecule has 2 aromatic heterocycles. The Hall–Kier alpha value is -3.18. The quantitative estimate of drug-likeness (QED) is 0.193. The number of anilines is 2. The Morgan fingerprint density at radius 1 is 1.18 bits per heavy atom. The van der Waals surface area contributed by atoms with Crippen molar-refractivity contribution in [2.24, 2.45) is 5.92 Å². The first-order valence-electron chi connectivity index (χ1n) is 13.2. The fraction of sp³-hybridized carbons (Fsp3) is 0.519. The standard InChI is InChI=1S/C27H37N7O3S/c1-5-13-38-27-31-24(28-10-12-37-6-2)22-16-30-34(25(22)32-27)11-9-29-26(36)20-15-23(35)33(17-20)21-8-7-18(3)19(4)14-21/h7-8,14,16,20H,5-6,9-13,15,17H2,1-4H3,(H,29,36)(H,28,31,32). The Labute approximate surface area is 227 Å². The lowest BCUT2D eigenvalue weighted by Crippen LogP contribution is -2.35. The second-order valence-electron chi connectivity index (χ2n) is 9.40. The number of aromatic nitrogens is 4. The maximum absolute atomic E-state index is 12.9. The Kier molecular flexibility index (Phi) is 9.57. The molecule has 1 saturated heterocycles. The lowest BCUT2D eigenvalue weighted by molar-refractivity contribution is -0.126. The number of aryl methyl sites for hydroxylation is 2. The summed E-state index contributed by atoms with van der Waals surface area (Å²) >= 11 is 1.61. The molecule has 0 saturated carbocycles. The maximum Gasteiger partial charge on any atom is 0.227 e. The van der Waals surface area contributed by atoms with E-state index in [0.717, 1.165) is 40.3 Å². The van der Waals surface area contributed by atoms with Gasteiger partial charge in [0.25, 0.3) is 0 Å². The minimum absolute atomic E-state index is 0.0235. The summed E-state index contributed by atoms with van der Waals surface area (Å²) in [6.07, 6.45) is 2.99. The van der Waals surface area contributed by atoms with Gasteiger partial charge >= 0.3 is 0 Å². The van der Waals surface area contributed by atoms with Gasteiger partial charge in [0.05, 0.1) is 30.7 Å². The molecule has 1 unspecified atom stereocenters. The zero-order valence-corrected chi connectivity index (χ0v) is 23.4. The minimum atomic E-state index is -0.376. The summed E-state index contributed by atoms with van der Waals surface area (Å²) < 4.78 is 7.23. The van der Waals surface area contributed by atoms with E-state index in [4.69, 9.17) is 9.72 Å². The minimum Gasteiger partial charge on any atom is -0.380 e. The van der Waals surface area contributed by atoms with E-state index in [2.05, 4.69) is 27.6 Å². The van der Waals surface area contributed by atoms with E-state index >= 15 is 0 Å². The maximum atomic E-state index is 12.9. The first kappa shape index (κ1) is 27.8. The van der Waals surface area contributed by atoms with Gasteiger partial charge in [-0.05, 0) is 50.5 Å². The van der Waals surface area contributed by atoms with Gasteiger partial charge in [0, 0.05) is 44.1 Å². The van der Waals surface area contributed by atoms with Gasteiger partial charge < -0.3 is 20.3 Å². The molecule has 2 N–H and O–H groups in total. The number of benzene rings is 1. The Morgan fingerprint density at radius 3 is 2.79 bits per heavy atom. The van der Waals surface area contributed by atoms with Crippen LogP contribution >= 0.6 is 11.8 Å². The van der Waals surface area contributed by atoms with E-state index in [1.807, 2.05) is 39.0 Å². The molecular weight excluding hydrogens is 502 g/mol. The van der Waals surface area contributed by atoms with Crippen LogP contribution in [0.25, 0.3) is 11.0 Å². The number of hydrogen-bond acceptors (Lipinski definition) is 8. The summed E-state index contributed by atoms with van der Waals surface area (Å²) in [5.41, 5.74) is 3.88. The van der Waals surface area contributed by atoms with Crippen molar-refractivity contribution < 1.29 is 14.3 Å². The van der Waals surface area contributed by atoms with Crippen molar-refractivity contribution >= 4 is 46.1 Å². The molecule has 3 aromatic rings. The molecule has 11 heteroatoms. The molecular formula is C27H37N7O3S. The van der Waals surface area contributed by atoms with Crippen molar-refractivity contribution in [3.8, 4) is 0 Å². The van der Waals surface area contributed by atoms with Crippen molar-refractivity contribution in [3.63, 3.8) is 0 Å². The molecule has 2 amide bonds. The second-order valence-corrected chi connectivity index (χ2v) is 10.5. The van der Waals surface area contributed by atoms with Crippen LogP contribution in [0.15, 0.2) is 29.6 Å². The van der Waals surface area contributed by atoms with Gasteiger partial charge in [0.1, 0.15) is 5.82 Å².